The molecule has 2 aromatic carbocycles. The van der Waals surface area contributed by atoms with E-state index in [2.05, 4.69) is 5.32 Å². The lowest BCUT2D eigenvalue weighted by atomic mass is 10.2. The van der Waals surface area contributed by atoms with E-state index in [0.29, 0.717) is 10.8 Å². The summed E-state index contributed by atoms with van der Waals surface area (Å²) in [5.74, 6) is -1.29. The number of aryl methyl sites for hydroxylation is 1. The molecular weight excluding hydrogens is 306 g/mol. The molecule has 2 aromatic rings. The van der Waals surface area contributed by atoms with E-state index in [-0.39, 0.29) is 17.9 Å². The zero-order chi connectivity index (χ0) is 16.1. The normalized spacial score (nSPS) is 10.1. The molecule has 0 unspecified atom stereocenters. The summed E-state index contributed by atoms with van der Waals surface area (Å²) in [5, 5.41) is 14.0. The molecule has 0 aromatic heterocycles. The van der Waals surface area contributed by atoms with Crippen LogP contribution in [0.4, 0.5) is 5.69 Å². The number of nitrogens with one attached hydrogen (secondary N) is 1. The lowest BCUT2D eigenvalue weighted by molar-refractivity contribution is -0.254. The minimum atomic E-state index is -1.36. The Morgan fingerprint density at radius 3 is 2.64 bits per heavy atom. The van der Waals surface area contributed by atoms with Gasteiger partial charge in [-0.25, -0.2) is 0 Å². The van der Waals surface area contributed by atoms with Gasteiger partial charge in [0, 0.05) is 16.3 Å². The molecule has 2 rings (SSSR count). The van der Waals surface area contributed by atoms with Crippen molar-refractivity contribution < 1.29 is 19.4 Å². The maximum absolute atomic E-state index is 11.9. The topological polar surface area (TPSA) is 78.5 Å². The van der Waals surface area contributed by atoms with Crippen LogP contribution in [0.1, 0.15) is 15.9 Å². The van der Waals surface area contributed by atoms with Crippen LogP contribution in [0.3, 0.4) is 0 Å². The quantitative estimate of drug-likeness (QED) is 0.915. The standard InChI is InChI=1S/C16H14ClNO4/c1-10-8-11(17)6-7-14(10)22-9-15(19)18-13-5-3-2-4-12(13)16(20)21/h2-8H,9H2,1H3,(H,18,19)(H,20,21)/p-1. The number of halogens is 1. The number of carboxylic acids is 1. The second-order valence-electron chi connectivity index (χ2n) is 4.58. The molecule has 0 aliphatic heterocycles. The number of hydrogen-bond acceptors (Lipinski definition) is 4. The van der Waals surface area contributed by atoms with E-state index in [9.17, 15) is 14.7 Å². The van der Waals surface area contributed by atoms with Gasteiger partial charge in [-0.1, -0.05) is 29.8 Å². The van der Waals surface area contributed by atoms with Gasteiger partial charge in [0.05, 0.1) is 5.97 Å². The van der Waals surface area contributed by atoms with Gasteiger partial charge in [0.2, 0.25) is 0 Å². The SMILES string of the molecule is Cc1cc(Cl)ccc1OCC(=O)Nc1ccccc1C(=O)[O-]. The summed E-state index contributed by atoms with van der Waals surface area (Å²) < 4.78 is 5.39. The van der Waals surface area contributed by atoms with Gasteiger partial charge in [0.25, 0.3) is 5.91 Å². The summed E-state index contributed by atoms with van der Waals surface area (Å²) in [4.78, 5) is 22.8. The number of rotatable bonds is 5. The van der Waals surface area contributed by atoms with Gasteiger partial charge < -0.3 is 20.0 Å². The van der Waals surface area contributed by atoms with Crippen LogP contribution in [0.15, 0.2) is 42.5 Å². The van der Waals surface area contributed by atoms with Gasteiger partial charge in [-0.05, 0) is 36.8 Å². The van der Waals surface area contributed by atoms with Gasteiger partial charge in [-0.15, -0.1) is 0 Å². The first-order valence-electron chi connectivity index (χ1n) is 6.46. The molecule has 5 nitrogen and oxygen atoms in total. The monoisotopic (exact) mass is 318 g/mol. The third-order valence-electron chi connectivity index (χ3n) is 2.92. The third-order valence-corrected chi connectivity index (χ3v) is 3.15. The van der Waals surface area contributed by atoms with Crippen molar-refractivity contribution in [2.24, 2.45) is 0 Å². The highest BCUT2D eigenvalue weighted by atomic mass is 35.5. The van der Waals surface area contributed by atoms with Crippen LogP contribution >= 0.6 is 11.6 Å². The molecule has 0 aliphatic carbocycles. The van der Waals surface area contributed by atoms with Crippen LogP contribution in [0.5, 0.6) is 5.75 Å². The Labute approximate surface area is 132 Å². The van der Waals surface area contributed by atoms with E-state index in [1.54, 1.807) is 30.3 Å². The molecule has 114 valence electrons. The Balaban J connectivity index is 2.00. The highest BCUT2D eigenvalue weighted by Gasteiger charge is 2.09. The Morgan fingerprint density at radius 2 is 1.95 bits per heavy atom. The molecular formula is C16H13ClNO4-. The lowest BCUT2D eigenvalue weighted by Crippen LogP contribution is -2.26. The molecule has 0 fully saturated rings. The van der Waals surface area contributed by atoms with Crippen LogP contribution in [-0.4, -0.2) is 18.5 Å². The molecule has 0 heterocycles. The second-order valence-corrected chi connectivity index (χ2v) is 5.02. The van der Waals surface area contributed by atoms with Crippen molar-refractivity contribution in [2.75, 3.05) is 11.9 Å². The Kier molecular flexibility index (Phi) is 5.01. The average molecular weight is 319 g/mol. The fourth-order valence-corrected chi connectivity index (χ4v) is 2.10. The number of anilines is 1. The van der Waals surface area contributed by atoms with E-state index >= 15 is 0 Å². The highest BCUT2D eigenvalue weighted by Crippen LogP contribution is 2.21. The molecule has 0 bridgehead atoms. The van der Waals surface area contributed by atoms with Gasteiger partial charge in [0.15, 0.2) is 6.61 Å². The third kappa shape index (κ3) is 3.99. The molecule has 0 saturated carbocycles. The van der Waals surface area contributed by atoms with Crippen LogP contribution in [0.2, 0.25) is 5.02 Å². The Bertz CT molecular complexity index is 715. The van der Waals surface area contributed by atoms with Crippen molar-refractivity contribution in [3.8, 4) is 5.75 Å². The number of carboxylic acid groups (broad SMARTS) is 1. The molecule has 0 saturated heterocycles. The molecule has 0 aliphatic rings. The fourth-order valence-electron chi connectivity index (χ4n) is 1.87. The van der Waals surface area contributed by atoms with E-state index in [0.717, 1.165) is 5.56 Å². The number of benzene rings is 2. The van der Waals surface area contributed by atoms with Gasteiger partial charge in [-0.3, -0.25) is 4.79 Å². The van der Waals surface area contributed by atoms with Crippen molar-refractivity contribution in [1.29, 1.82) is 0 Å². The summed E-state index contributed by atoms with van der Waals surface area (Å²) >= 11 is 5.84. The summed E-state index contributed by atoms with van der Waals surface area (Å²) in [7, 11) is 0. The van der Waals surface area contributed by atoms with E-state index in [1.165, 1.54) is 12.1 Å². The van der Waals surface area contributed by atoms with Gasteiger partial charge in [0.1, 0.15) is 5.75 Å². The van der Waals surface area contributed by atoms with Crippen LogP contribution in [0.25, 0.3) is 0 Å². The van der Waals surface area contributed by atoms with Crippen LogP contribution < -0.4 is 15.2 Å². The van der Waals surface area contributed by atoms with E-state index in [1.807, 2.05) is 6.92 Å². The first kappa shape index (κ1) is 15.9. The van der Waals surface area contributed by atoms with Crippen LogP contribution in [-0.2, 0) is 4.79 Å². The Hall–Kier alpha value is -2.53. The first-order chi connectivity index (χ1) is 10.5. The predicted octanol–water partition coefficient (Wildman–Crippen LogP) is 2.03. The summed E-state index contributed by atoms with van der Waals surface area (Å²) in [6, 6.07) is 11.1. The minimum Gasteiger partial charge on any atom is -0.545 e. The summed E-state index contributed by atoms with van der Waals surface area (Å²) in [6.45, 7) is 1.56. The maximum atomic E-state index is 11.9. The van der Waals surface area contributed by atoms with Crippen molar-refractivity contribution in [3.63, 3.8) is 0 Å². The smallest absolute Gasteiger partial charge is 0.262 e. The lowest BCUT2D eigenvalue weighted by Gasteiger charge is -2.13. The molecule has 0 spiro atoms. The molecule has 0 atom stereocenters. The largest absolute Gasteiger partial charge is 0.545 e. The predicted molar refractivity (Wildman–Crippen MR) is 81.1 cm³/mol. The van der Waals surface area contributed by atoms with Crippen molar-refractivity contribution >= 4 is 29.2 Å². The van der Waals surface area contributed by atoms with Crippen molar-refractivity contribution in [3.05, 3.63) is 58.6 Å². The summed E-state index contributed by atoms with van der Waals surface area (Å²) in [6.07, 6.45) is 0. The molecule has 0 radical (unpaired) electrons. The van der Waals surface area contributed by atoms with Gasteiger partial charge >= 0.3 is 0 Å². The first-order valence-corrected chi connectivity index (χ1v) is 6.84. The number of para-hydroxylation sites is 1. The number of hydrogen-bond donors (Lipinski definition) is 1. The maximum Gasteiger partial charge on any atom is 0.262 e. The molecule has 1 N–H and O–H groups in total. The zero-order valence-electron chi connectivity index (χ0n) is 11.8. The number of ether oxygens (including phenoxy) is 1. The molecule has 22 heavy (non-hydrogen) atoms. The van der Waals surface area contributed by atoms with E-state index in [4.69, 9.17) is 16.3 Å². The highest BCUT2D eigenvalue weighted by molar-refractivity contribution is 6.30. The minimum absolute atomic E-state index is 0.0847. The number of carbonyl (C=O) groups excluding carboxylic acids is 2. The molecule has 6 heteroatoms. The van der Waals surface area contributed by atoms with Crippen molar-refractivity contribution in [1.82, 2.24) is 0 Å². The number of carbonyl (C=O) groups is 2. The summed E-state index contributed by atoms with van der Waals surface area (Å²) in [5.41, 5.74) is 0.887. The zero-order valence-corrected chi connectivity index (χ0v) is 12.5. The molecule has 1 amide bonds. The average Bonchev–Trinajstić information content (AvgIpc) is 2.46. The number of amides is 1. The fraction of sp³-hybridized carbons (Fsp3) is 0.125. The van der Waals surface area contributed by atoms with Gasteiger partial charge in [-0.2, -0.15) is 0 Å². The van der Waals surface area contributed by atoms with Crippen molar-refractivity contribution in [2.45, 2.75) is 6.92 Å². The second kappa shape index (κ2) is 6.95. The van der Waals surface area contributed by atoms with Crippen LogP contribution in [0, 0.1) is 6.92 Å². The number of aromatic carboxylic acids is 1. The Morgan fingerprint density at radius 1 is 1.23 bits per heavy atom. The van der Waals surface area contributed by atoms with E-state index < -0.39 is 11.9 Å².